The number of hydrogen-bond acceptors (Lipinski definition) is 7. The third-order valence-electron chi connectivity index (χ3n) is 6.31. The minimum Gasteiger partial charge on any atom is -0.371 e. The molecule has 0 saturated carbocycles. The molecule has 1 aromatic rings. The van der Waals surface area contributed by atoms with Crippen molar-refractivity contribution in [3.63, 3.8) is 0 Å². The summed E-state index contributed by atoms with van der Waals surface area (Å²) in [6.45, 7) is 3.49. The lowest BCUT2D eigenvalue weighted by Gasteiger charge is -2.43. The van der Waals surface area contributed by atoms with Crippen LogP contribution in [0.2, 0.25) is 0 Å². The van der Waals surface area contributed by atoms with Gasteiger partial charge in [0, 0.05) is 25.2 Å². The van der Waals surface area contributed by atoms with Crippen LogP contribution >= 0.6 is 0 Å². The first kappa shape index (κ1) is 19.2. The summed E-state index contributed by atoms with van der Waals surface area (Å²) in [4.78, 5) is 52.4. The van der Waals surface area contributed by atoms with Crippen molar-refractivity contribution in [3.05, 3.63) is 29.3 Å². The number of piperidine rings is 2. The quantitative estimate of drug-likeness (QED) is 0.673. The molecule has 0 bridgehead atoms. The topological polar surface area (TPSA) is 108 Å². The van der Waals surface area contributed by atoms with Gasteiger partial charge in [0.05, 0.1) is 23.3 Å². The van der Waals surface area contributed by atoms with Crippen molar-refractivity contribution in [2.75, 3.05) is 31.1 Å². The van der Waals surface area contributed by atoms with Crippen LogP contribution in [0.5, 0.6) is 0 Å². The Morgan fingerprint density at radius 2 is 1.63 bits per heavy atom. The number of ether oxygens (including phenoxy) is 1. The number of amides is 4. The number of rotatable bonds is 4. The van der Waals surface area contributed by atoms with Crippen molar-refractivity contribution >= 4 is 29.3 Å². The van der Waals surface area contributed by atoms with E-state index in [0.717, 1.165) is 49.6 Å². The summed E-state index contributed by atoms with van der Waals surface area (Å²) in [6.07, 6.45) is 2.81. The van der Waals surface area contributed by atoms with E-state index >= 15 is 0 Å². The van der Waals surface area contributed by atoms with E-state index in [1.165, 1.54) is 0 Å². The lowest BCUT2D eigenvalue weighted by molar-refractivity contribution is -0.136. The maximum absolute atomic E-state index is 12.9. The highest BCUT2D eigenvalue weighted by Crippen LogP contribution is 2.32. The third kappa shape index (κ3) is 3.27. The van der Waals surface area contributed by atoms with E-state index in [9.17, 15) is 19.2 Å². The molecule has 4 aliphatic heterocycles. The first-order valence-electron chi connectivity index (χ1n) is 10.5. The van der Waals surface area contributed by atoms with Crippen molar-refractivity contribution in [2.45, 2.75) is 43.9 Å². The molecule has 3 fully saturated rings. The summed E-state index contributed by atoms with van der Waals surface area (Å²) in [6, 6.07) is 4.27. The smallest absolute Gasteiger partial charge is 0.262 e. The molecule has 0 radical (unpaired) electrons. The van der Waals surface area contributed by atoms with Gasteiger partial charge in [0.1, 0.15) is 6.04 Å². The monoisotopic (exact) mass is 412 g/mol. The normalized spacial score (nSPS) is 25.4. The van der Waals surface area contributed by atoms with Crippen molar-refractivity contribution in [1.82, 2.24) is 15.5 Å². The Bertz CT molecular complexity index is 920. The van der Waals surface area contributed by atoms with Gasteiger partial charge in [0.25, 0.3) is 11.8 Å². The lowest BCUT2D eigenvalue weighted by atomic mass is 10.0. The number of carbonyl (C=O) groups is 4. The Labute approximate surface area is 173 Å². The highest BCUT2D eigenvalue weighted by molar-refractivity contribution is 6.23. The van der Waals surface area contributed by atoms with Crippen LogP contribution in [-0.4, -0.2) is 73.0 Å². The van der Waals surface area contributed by atoms with Crippen molar-refractivity contribution in [1.29, 1.82) is 0 Å². The van der Waals surface area contributed by atoms with E-state index in [0.29, 0.717) is 17.2 Å². The SMILES string of the molecule is O=C1CC[C@H](N2C(=O)c3ccc(N4CC(OC5CCNCC5)C4)cc3C2=O)C(=O)N1. The Morgan fingerprint density at radius 3 is 2.37 bits per heavy atom. The van der Waals surface area contributed by atoms with Gasteiger partial charge in [0.15, 0.2) is 0 Å². The summed E-state index contributed by atoms with van der Waals surface area (Å²) in [5, 5.41) is 5.54. The van der Waals surface area contributed by atoms with Crippen LogP contribution in [0.1, 0.15) is 46.4 Å². The van der Waals surface area contributed by atoms with Crippen LogP contribution in [0.4, 0.5) is 5.69 Å². The molecule has 0 unspecified atom stereocenters. The highest BCUT2D eigenvalue weighted by Gasteiger charge is 2.45. The zero-order valence-corrected chi connectivity index (χ0v) is 16.6. The second kappa shape index (κ2) is 7.48. The minimum atomic E-state index is -0.940. The van der Waals surface area contributed by atoms with Crippen molar-refractivity contribution in [2.24, 2.45) is 0 Å². The van der Waals surface area contributed by atoms with E-state index in [1.54, 1.807) is 12.1 Å². The van der Waals surface area contributed by atoms with Gasteiger partial charge in [0.2, 0.25) is 11.8 Å². The molecule has 0 aliphatic carbocycles. The maximum Gasteiger partial charge on any atom is 0.262 e. The van der Waals surface area contributed by atoms with Gasteiger partial charge in [-0.3, -0.25) is 29.4 Å². The summed E-state index contributed by atoms with van der Waals surface area (Å²) < 4.78 is 6.14. The maximum atomic E-state index is 12.9. The van der Waals surface area contributed by atoms with Crippen molar-refractivity contribution in [3.8, 4) is 0 Å². The van der Waals surface area contributed by atoms with Crippen LogP contribution < -0.4 is 15.5 Å². The Hall–Kier alpha value is -2.78. The zero-order chi connectivity index (χ0) is 20.8. The molecule has 1 atom stereocenters. The average Bonchev–Trinajstić information content (AvgIpc) is 2.95. The molecular formula is C21H24N4O5. The number of nitrogens with zero attached hydrogens (tertiary/aromatic N) is 2. The van der Waals surface area contributed by atoms with E-state index in [2.05, 4.69) is 15.5 Å². The number of fused-ring (bicyclic) bond motifs is 1. The Balaban J connectivity index is 1.26. The van der Waals surface area contributed by atoms with Gasteiger partial charge in [-0.2, -0.15) is 0 Å². The molecule has 30 heavy (non-hydrogen) atoms. The van der Waals surface area contributed by atoms with Gasteiger partial charge >= 0.3 is 0 Å². The number of imide groups is 2. The summed E-state index contributed by atoms with van der Waals surface area (Å²) >= 11 is 0. The molecule has 5 rings (SSSR count). The number of nitrogens with one attached hydrogen (secondary N) is 2. The minimum absolute atomic E-state index is 0.112. The molecule has 9 heteroatoms. The van der Waals surface area contributed by atoms with E-state index in [-0.39, 0.29) is 24.9 Å². The standard InChI is InChI=1S/C21H24N4O5/c26-18-4-3-17(19(27)23-18)25-20(28)15-2-1-12(9-16(15)21(25)29)24-10-14(11-24)30-13-5-7-22-8-6-13/h1-2,9,13-14,17,22H,3-8,10-11H2,(H,23,26,27)/t17-/m0/s1. The molecule has 4 amide bonds. The van der Waals surface area contributed by atoms with Crippen LogP contribution in [0.3, 0.4) is 0 Å². The van der Waals surface area contributed by atoms with Crippen molar-refractivity contribution < 1.29 is 23.9 Å². The summed E-state index contributed by atoms with van der Waals surface area (Å²) in [5.74, 6) is -1.93. The van der Waals surface area contributed by atoms with Gasteiger partial charge in [-0.15, -0.1) is 0 Å². The van der Waals surface area contributed by atoms with Gasteiger partial charge < -0.3 is 15.0 Å². The Kier molecular flexibility index (Phi) is 4.79. The largest absolute Gasteiger partial charge is 0.371 e. The van der Waals surface area contributed by atoms with Crippen LogP contribution in [0.15, 0.2) is 18.2 Å². The number of hydrogen-bond donors (Lipinski definition) is 2. The summed E-state index contributed by atoms with van der Waals surface area (Å²) in [7, 11) is 0. The highest BCUT2D eigenvalue weighted by atomic mass is 16.5. The zero-order valence-electron chi connectivity index (χ0n) is 16.6. The second-order valence-corrected chi connectivity index (χ2v) is 8.29. The fraction of sp³-hybridized carbons (Fsp3) is 0.524. The Morgan fingerprint density at radius 1 is 0.900 bits per heavy atom. The van der Waals surface area contributed by atoms with Crippen LogP contribution in [-0.2, 0) is 14.3 Å². The second-order valence-electron chi connectivity index (χ2n) is 8.29. The van der Waals surface area contributed by atoms with Crippen LogP contribution in [0, 0.1) is 0 Å². The molecule has 2 N–H and O–H groups in total. The number of anilines is 1. The van der Waals surface area contributed by atoms with E-state index < -0.39 is 23.8 Å². The van der Waals surface area contributed by atoms with E-state index in [4.69, 9.17) is 4.74 Å². The molecule has 0 spiro atoms. The molecule has 4 aliphatic rings. The first-order chi connectivity index (χ1) is 14.5. The molecule has 3 saturated heterocycles. The van der Waals surface area contributed by atoms with Gasteiger partial charge in [-0.1, -0.05) is 0 Å². The van der Waals surface area contributed by atoms with Gasteiger partial charge in [-0.05, 0) is 50.6 Å². The molecular weight excluding hydrogens is 388 g/mol. The number of carbonyl (C=O) groups excluding carboxylic acids is 4. The van der Waals surface area contributed by atoms with E-state index in [1.807, 2.05) is 6.07 Å². The molecule has 9 nitrogen and oxygen atoms in total. The lowest BCUT2D eigenvalue weighted by Crippen LogP contribution is -2.54. The summed E-state index contributed by atoms with van der Waals surface area (Å²) in [5.41, 5.74) is 1.48. The predicted molar refractivity (Wildman–Crippen MR) is 106 cm³/mol. The third-order valence-corrected chi connectivity index (χ3v) is 6.31. The molecule has 4 heterocycles. The fourth-order valence-electron chi connectivity index (χ4n) is 4.59. The predicted octanol–water partition coefficient (Wildman–Crippen LogP) is 0.0450. The van der Waals surface area contributed by atoms with Gasteiger partial charge in [-0.25, -0.2) is 0 Å². The molecule has 0 aromatic heterocycles. The number of benzene rings is 1. The molecule has 158 valence electrons. The fourth-order valence-corrected chi connectivity index (χ4v) is 4.59. The van der Waals surface area contributed by atoms with Crippen LogP contribution in [0.25, 0.3) is 0 Å². The average molecular weight is 412 g/mol. The first-order valence-corrected chi connectivity index (χ1v) is 10.5. The molecule has 1 aromatic carbocycles.